The average Bonchev–Trinajstić information content (AvgIpc) is 2.49. The number of ether oxygens (including phenoxy) is 2. The zero-order valence-electron chi connectivity index (χ0n) is 14.1. The Hall–Kier alpha value is -1.54. The molecule has 0 aliphatic heterocycles. The number of hydrogen-bond acceptors (Lipinski definition) is 6. The molecule has 0 aliphatic carbocycles. The number of hydrogen-bond donors (Lipinski definition) is 4. The molecular weight excluding hydrogens is 297 g/mol. The minimum Gasteiger partial charge on any atom is -0.487 e. The van der Waals surface area contributed by atoms with E-state index in [1.54, 1.807) is 6.08 Å². The molecule has 0 aromatic heterocycles. The molecule has 6 nitrogen and oxygen atoms in total. The van der Waals surface area contributed by atoms with Crippen molar-refractivity contribution in [1.29, 1.82) is 0 Å². The van der Waals surface area contributed by atoms with Crippen LogP contribution in [0.5, 0.6) is 11.5 Å². The Balaban J connectivity index is 0.00000108. The van der Waals surface area contributed by atoms with E-state index < -0.39 is 13.2 Å². The van der Waals surface area contributed by atoms with Crippen molar-refractivity contribution in [1.82, 2.24) is 5.32 Å². The summed E-state index contributed by atoms with van der Waals surface area (Å²) in [5.74, 6) is 1.29. The minimum absolute atomic E-state index is 0.230. The maximum atomic E-state index is 9.78. The summed E-state index contributed by atoms with van der Waals surface area (Å²) in [6.07, 6.45) is 1.13. The third-order valence-corrected chi connectivity index (χ3v) is 2.40. The van der Waals surface area contributed by atoms with Gasteiger partial charge < -0.3 is 29.9 Å². The topological polar surface area (TPSA) is 91.2 Å². The number of para-hydroxylation sites is 2. The third-order valence-electron chi connectivity index (χ3n) is 2.40. The Labute approximate surface area is 138 Å². The van der Waals surface area contributed by atoms with E-state index in [9.17, 15) is 5.11 Å². The van der Waals surface area contributed by atoms with Gasteiger partial charge in [0, 0.05) is 12.6 Å². The molecule has 0 spiro atoms. The lowest BCUT2D eigenvalue weighted by Crippen LogP contribution is -2.35. The molecule has 1 aromatic carbocycles. The van der Waals surface area contributed by atoms with E-state index >= 15 is 0 Å². The SMILES string of the molecule is C=CCOc1ccccc1OCC(O)CNC(C)C.CB(O)O. The van der Waals surface area contributed by atoms with Gasteiger partial charge >= 0.3 is 7.12 Å². The summed E-state index contributed by atoms with van der Waals surface area (Å²) in [4.78, 5) is 0. The Kier molecular flexibility index (Phi) is 12.1. The second-order valence-corrected chi connectivity index (χ2v) is 5.21. The highest BCUT2D eigenvalue weighted by molar-refractivity contribution is 6.38. The van der Waals surface area contributed by atoms with Crippen LogP contribution >= 0.6 is 0 Å². The van der Waals surface area contributed by atoms with E-state index in [4.69, 9.17) is 19.5 Å². The number of rotatable bonds is 9. The van der Waals surface area contributed by atoms with Crippen molar-refractivity contribution >= 4 is 7.12 Å². The fourth-order valence-corrected chi connectivity index (χ4v) is 1.45. The molecule has 1 aromatic rings. The smallest absolute Gasteiger partial charge is 0.448 e. The third kappa shape index (κ3) is 12.7. The van der Waals surface area contributed by atoms with Crippen LogP contribution in [0.1, 0.15) is 13.8 Å². The summed E-state index contributed by atoms with van der Waals surface area (Å²) in [6.45, 7) is 10.1. The maximum absolute atomic E-state index is 9.78. The van der Waals surface area contributed by atoms with Crippen molar-refractivity contribution in [2.75, 3.05) is 19.8 Å². The van der Waals surface area contributed by atoms with Crippen LogP contribution in [0.2, 0.25) is 6.82 Å². The van der Waals surface area contributed by atoms with Crippen LogP contribution in [0.15, 0.2) is 36.9 Å². The predicted octanol–water partition coefficient (Wildman–Crippen LogP) is 1.08. The lowest BCUT2D eigenvalue weighted by atomic mass is 9.99. The van der Waals surface area contributed by atoms with E-state index in [1.165, 1.54) is 6.82 Å². The Bertz CT molecular complexity index is 426. The molecule has 1 rings (SSSR count). The van der Waals surface area contributed by atoms with E-state index in [0.717, 1.165) is 0 Å². The first kappa shape index (κ1) is 21.5. The highest BCUT2D eigenvalue weighted by Crippen LogP contribution is 2.26. The Morgan fingerprint density at radius 1 is 1.22 bits per heavy atom. The maximum Gasteiger partial charge on any atom is 0.448 e. The summed E-state index contributed by atoms with van der Waals surface area (Å²) in [5.41, 5.74) is 0. The van der Waals surface area contributed by atoms with Crippen LogP contribution in [0.25, 0.3) is 0 Å². The highest BCUT2D eigenvalue weighted by Gasteiger charge is 2.08. The lowest BCUT2D eigenvalue weighted by molar-refractivity contribution is 0.102. The highest BCUT2D eigenvalue weighted by atomic mass is 16.5. The van der Waals surface area contributed by atoms with Gasteiger partial charge in [0.2, 0.25) is 0 Å². The summed E-state index contributed by atoms with van der Waals surface area (Å²) < 4.78 is 11.1. The van der Waals surface area contributed by atoms with Crippen LogP contribution in [0.3, 0.4) is 0 Å². The van der Waals surface area contributed by atoms with E-state index in [0.29, 0.717) is 30.7 Å². The summed E-state index contributed by atoms with van der Waals surface area (Å²) in [6, 6.07) is 7.74. The first-order chi connectivity index (χ1) is 10.9. The molecule has 1 atom stereocenters. The molecule has 1 unspecified atom stereocenters. The molecule has 0 saturated carbocycles. The van der Waals surface area contributed by atoms with Gasteiger partial charge in [-0.25, -0.2) is 0 Å². The average molecular weight is 325 g/mol. The minimum atomic E-state index is -1.17. The van der Waals surface area contributed by atoms with Gasteiger partial charge in [0.05, 0.1) is 0 Å². The standard InChI is InChI=1S/C15H23NO3.CH5BO2/c1-4-9-18-14-7-5-6-8-15(14)19-11-13(17)10-16-12(2)3;1-2(3)4/h4-8,12-13,16-17H,1,9-11H2,2-3H3;3-4H,1H3. The fourth-order valence-electron chi connectivity index (χ4n) is 1.45. The Morgan fingerprint density at radius 2 is 1.74 bits per heavy atom. The van der Waals surface area contributed by atoms with Crippen LogP contribution in [-0.2, 0) is 0 Å². The molecule has 0 saturated heterocycles. The number of nitrogens with one attached hydrogen (secondary N) is 1. The first-order valence-electron chi connectivity index (χ1n) is 7.59. The fraction of sp³-hybridized carbons (Fsp3) is 0.500. The number of benzene rings is 1. The molecule has 0 radical (unpaired) electrons. The van der Waals surface area contributed by atoms with Crippen LogP contribution < -0.4 is 14.8 Å². The molecule has 4 N–H and O–H groups in total. The monoisotopic (exact) mass is 325 g/mol. The van der Waals surface area contributed by atoms with Crippen LogP contribution in [0.4, 0.5) is 0 Å². The van der Waals surface area contributed by atoms with Crippen molar-refractivity contribution in [2.45, 2.75) is 32.8 Å². The van der Waals surface area contributed by atoms with Gasteiger partial charge in [-0.2, -0.15) is 0 Å². The summed E-state index contributed by atoms with van der Waals surface area (Å²) >= 11 is 0. The zero-order chi connectivity index (χ0) is 17.7. The second-order valence-electron chi connectivity index (χ2n) is 5.21. The van der Waals surface area contributed by atoms with Gasteiger partial charge in [0.1, 0.15) is 19.3 Å². The van der Waals surface area contributed by atoms with E-state index in [-0.39, 0.29) is 6.61 Å². The molecule has 7 heteroatoms. The molecule has 23 heavy (non-hydrogen) atoms. The molecule has 0 amide bonds. The van der Waals surface area contributed by atoms with Gasteiger partial charge in [-0.1, -0.05) is 38.6 Å². The van der Waals surface area contributed by atoms with Gasteiger partial charge in [-0.05, 0) is 19.0 Å². The van der Waals surface area contributed by atoms with E-state index in [1.807, 2.05) is 38.1 Å². The molecule has 0 bridgehead atoms. The molecule has 0 heterocycles. The first-order valence-corrected chi connectivity index (χ1v) is 7.59. The van der Waals surface area contributed by atoms with Gasteiger partial charge in [-0.15, -0.1) is 0 Å². The van der Waals surface area contributed by atoms with Gasteiger partial charge in [-0.3, -0.25) is 0 Å². The van der Waals surface area contributed by atoms with Crippen molar-refractivity contribution < 1.29 is 24.6 Å². The summed E-state index contributed by atoms with van der Waals surface area (Å²) in [7, 11) is -1.17. The molecular formula is C16H28BNO5. The normalized spacial score (nSPS) is 11.3. The predicted molar refractivity (Wildman–Crippen MR) is 92.8 cm³/mol. The lowest BCUT2D eigenvalue weighted by Gasteiger charge is -2.16. The number of aliphatic hydroxyl groups is 1. The van der Waals surface area contributed by atoms with Crippen molar-refractivity contribution in [3.8, 4) is 11.5 Å². The largest absolute Gasteiger partial charge is 0.487 e. The molecule has 0 aliphatic rings. The van der Waals surface area contributed by atoms with Crippen molar-refractivity contribution in [3.05, 3.63) is 36.9 Å². The van der Waals surface area contributed by atoms with Crippen molar-refractivity contribution in [3.63, 3.8) is 0 Å². The molecule has 0 fully saturated rings. The van der Waals surface area contributed by atoms with Crippen LogP contribution in [0, 0.1) is 0 Å². The Morgan fingerprint density at radius 3 is 2.22 bits per heavy atom. The van der Waals surface area contributed by atoms with Gasteiger partial charge in [0.25, 0.3) is 0 Å². The van der Waals surface area contributed by atoms with E-state index in [2.05, 4.69) is 11.9 Å². The van der Waals surface area contributed by atoms with Gasteiger partial charge in [0.15, 0.2) is 11.5 Å². The molecule has 130 valence electrons. The van der Waals surface area contributed by atoms with Crippen molar-refractivity contribution in [2.24, 2.45) is 0 Å². The van der Waals surface area contributed by atoms with Crippen LogP contribution in [-0.4, -0.2) is 54.2 Å². The number of aliphatic hydroxyl groups excluding tert-OH is 1. The zero-order valence-corrected chi connectivity index (χ0v) is 14.1. The second kappa shape index (κ2) is 13.0. The quantitative estimate of drug-likeness (QED) is 0.401. The summed E-state index contributed by atoms with van der Waals surface area (Å²) in [5, 5.41) is 28.2.